The molecule has 3 aromatic rings. The maximum Gasteiger partial charge on any atom is 0.253 e. The third-order valence-electron chi connectivity index (χ3n) is 5.13. The summed E-state index contributed by atoms with van der Waals surface area (Å²) in [4.78, 5) is 12.4. The third-order valence-corrected chi connectivity index (χ3v) is 5.13. The number of rotatable bonds is 3. The van der Waals surface area contributed by atoms with E-state index < -0.39 is 0 Å². The van der Waals surface area contributed by atoms with Crippen LogP contribution < -0.4 is 5.32 Å². The van der Waals surface area contributed by atoms with Gasteiger partial charge in [0, 0.05) is 40.1 Å². The Kier molecular flexibility index (Phi) is 4.00. The second-order valence-corrected chi connectivity index (χ2v) is 7.10. The second kappa shape index (κ2) is 6.19. The van der Waals surface area contributed by atoms with Crippen LogP contribution in [0, 0.1) is 6.92 Å². The molecule has 0 spiro atoms. The topological polar surface area (TPSA) is 43.3 Å². The first-order valence-corrected chi connectivity index (χ1v) is 9.02. The molecule has 0 radical (unpaired) electrons. The Morgan fingerprint density at radius 1 is 1.20 bits per heavy atom. The zero-order valence-corrected chi connectivity index (χ0v) is 15.0. The van der Waals surface area contributed by atoms with Crippen molar-refractivity contribution in [1.29, 1.82) is 0 Å². The number of fused-ring (bicyclic) bond motifs is 3. The van der Waals surface area contributed by atoms with Crippen LogP contribution in [0.1, 0.15) is 38.3 Å². The lowest BCUT2D eigenvalue weighted by molar-refractivity contribution is -0.124. The van der Waals surface area contributed by atoms with E-state index in [-0.39, 0.29) is 12.0 Å². The summed E-state index contributed by atoms with van der Waals surface area (Å²) in [5.41, 5.74) is 4.43. The number of nitrogens with zero attached hydrogens (tertiary/aromatic N) is 1. The summed E-state index contributed by atoms with van der Waals surface area (Å²) in [5, 5.41) is 5.52. The van der Waals surface area contributed by atoms with Crippen molar-refractivity contribution < 1.29 is 9.53 Å². The first-order chi connectivity index (χ1) is 12.1. The van der Waals surface area contributed by atoms with Crippen molar-refractivity contribution in [1.82, 2.24) is 4.57 Å². The highest BCUT2D eigenvalue weighted by Gasteiger charge is 2.24. The molecule has 1 amide bonds. The van der Waals surface area contributed by atoms with E-state index in [4.69, 9.17) is 4.74 Å². The van der Waals surface area contributed by atoms with Gasteiger partial charge in [-0.25, -0.2) is 0 Å². The highest BCUT2D eigenvalue weighted by atomic mass is 16.5. The Bertz CT molecular complexity index is 949. The number of aryl methyl sites for hydroxylation is 1. The Labute approximate surface area is 147 Å². The quantitative estimate of drug-likeness (QED) is 0.746. The number of hydrogen-bond acceptors (Lipinski definition) is 2. The summed E-state index contributed by atoms with van der Waals surface area (Å²) in [6, 6.07) is 13.0. The lowest BCUT2D eigenvalue weighted by Gasteiger charge is -2.15. The van der Waals surface area contributed by atoms with Crippen molar-refractivity contribution in [3.8, 4) is 0 Å². The number of carbonyl (C=O) groups excluding carboxylic acids is 1. The summed E-state index contributed by atoms with van der Waals surface area (Å²) in [5.74, 6) is -0.0347. The molecule has 0 aliphatic carbocycles. The van der Waals surface area contributed by atoms with Gasteiger partial charge in [0.1, 0.15) is 6.10 Å². The molecule has 4 heteroatoms. The largest absolute Gasteiger partial charge is 0.368 e. The molecule has 130 valence electrons. The Morgan fingerprint density at radius 3 is 2.72 bits per heavy atom. The molecular formula is C21H24N2O2. The number of amides is 1. The summed E-state index contributed by atoms with van der Waals surface area (Å²) in [7, 11) is 0. The van der Waals surface area contributed by atoms with Crippen LogP contribution in [0.4, 0.5) is 5.69 Å². The number of anilines is 1. The Balaban J connectivity index is 1.85. The Hall–Kier alpha value is -2.33. The van der Waals surface area contributed by atoms with Gasteiger partial charge in [-0.15, -0.1) is 0 Å². The second-order valence-electron chi connectivity index (χ2n) is 7.10. The van der Waals surface area contributed by atoms with Crippen molar-refractivity contribution in [2.75, 3.05) is 11.9 Å². The maximum absolute atomic E-state index is 12.4. The van der Waals surface area contributed by atoms with Crippen LogP contribution in [-0.2, 0) is 9.53 Å². The lowest BCUT2D eigenvalue weighted by atomic mass is 10.1. The van der Waals surface area contributed by atoms with Crippen molar-refractivity contribution in [3.63, 3.8) is 0 Å². The number of para-hydroxylation sites is 1. The molecule has 2 aromatic carbocycles. The van der Waals surface area contributed by atoms with Gasteiger partial charge in [-0.2, -0.15) is 0 Å². The third kappa shape index (κ3) is 2.61. The number of benzene rings is 2. The average molecular weight is 336 g/mol. The molecule has 1 unspecified atom stereocenters. The summed E-state index contributed by atoms with van der Waals surface area (Å²) >= 11 is 0. The van der Waals surface area contributed by atoms with Gasteiger partial charge in [-0.05, 0) is 57.4 Å². The van der Waals surface area contributed by atoms with Gasteiger partial charge in [0.2, 0.25) is 0 Å². The molecule has 25 heavy (non-hydrogen) atoms. The first-order valence-electron chi connectivity index (χ1n) is 9.02. The number of hydrogen-bond donors (Lipinski definition) is 1. The zero-order chi connectivity index (χ0) is 17.6. The first kappa shape index (κ1) is 16.2. The van der Waals surface area contributed by atoms with Gasteiger partial charge < -0.3 is 14.6 Å². The average Bonchev–Trinajstić information content (AvgIpc) is 3.23. The molecule has 1 fully saturated rings. The molecular weight excluding hydrogens is 312 g/mol. The molecule has 0 bridgehead atoms. The number of ether oxygens (including phenoxy) is 1. The minimum atomic E-state index is -0.313. The van der Waals surface area contributed by atoms with E-state index in [0.29, 0.717) is 12.6 Å². The molecule has 1 aliphatic heterocycles. The SMILES string of the molecule is Cc1c(NC(=O)C2CCCO2)ccc2c1c1ccccc1n2C(C)C. The Morgan fingerprint density at radius 2 is 2.00 bits per heavy atom. The van der Waals surface area contributed by atoms with Crippen LogP contribution in [0.2, 0.25) is 0 Å². The summed E-state index contributed by atoms with van der Waals surface area (Å²) in [6.07, 6.45) is 1.45. The van der Waals surface area contributed by atoms with E-state index in [1.54, 1.807) is 0 Å². The van der Waals surface area contributed by atoms with E-state index >= 15 is 0 Å². The van der Waals surface area contributed by atoms with E-state index in [1.165, 1.54) is 21.8 Å². The van der Waals surface area contributed by atoms with Crippen LogP contribution in [-0.4, -0.2) is 23.2 Å². The zero-order valence-electron chi connectivity index (χ0n) is 15.0. The highest BCUT2D eigenvalue weighted by Crippen LogP contribution is 2.36. The predicted molar refractivity (Wildman–Crippen MR) is 102 cm³/mol. The molecule has 1 aromatic heterocycles. The molecule has 4 rings (SSSR count). The standard InChI is InChI=1S/C21H24N2O2/c1-13(2)23-17-8-5-4-7-15(17)20-14(3)16(10-11-18(20)23)22-21(24)19-9-6-12-25-19/h4-5,7-8,10-11,13,19H,6,9,12H2,1-3H3,(H,22,24). The summed E-state index contributed by atoms with van der Waals surface area (Å²) < 4.78 is 7.87. The monoisotopic (exact) mass is 336 g/mol. The van der Waals surface area contributed by atoms with E-state index in [9.17, 15) is 4.79 Å². The smallest absolute Gasteiger partial charge is 0.253 e. The van der Waals surface area contributed by atoms with Gasteiger partial charge in [0.15, 0.2) is 0 Å². The van der Waals surface area contributed by atoms with Crippen LogP contribution in [0.25, 0.3) is 21.8 Å². The van der Waals surface area contributed by atoms with Crippen LogP contribution in [0.3, 0.4) is 0 Å². The van der Waals surface area contributed by atoms with E-state index in [1.807, 2.05) is 6.07 Å². The molecule has 0 saturated carbocycles. The maximum atomic E-state index is 12.4. The molecule has 1 atom stereocenters. The number of nitrogens with one attached hydrogen (secondary N) is 1. The minimum absolute atomic E-state index is 0.0347. The predicted octanol–water partition coefficient (Wildman–Crippen LogP) is 4.80. The van der Waals surface area contributed by atoms with Crippen molar-refractivity contribution in [2.45, 2.75) is 45.8 Å². The summed E-state index contributed by atoms with van der Waals surface area (Å²) in [6.45, 7) is 7.17. The van der Waals surface area contributed by atoms with Gasteiger partial charge in [0.05, 0.1) is 0 Å². The van der Waals surface area contributed by atoms with E-state index in [2.05, 4.69) is 61.0 Å². The molecule has 1 aliphatic rings. The molecule has 4 nitrogen and oxygen atoms in total. The van der Waals surface area contributed by atoms with Gasteiger partial charge in [-0.3, -0.25) is 4.79 Å². The van der Waals surface area contributed by atoms with E-state index in [0.717, 1.165) is 24.1 Å². The molecule has 1 N–H and O–H groups in total. The normalized spacial score (nSPS) is 17.7. The highest BCUT2D eigenvalue weighted by molar-refractivity contribution is 6.12. The van der Waals surface area contributed by atoms with Crippen LogP contribution >= 0.6 is 0 Å². The van der Waals surface area contributed by atoms with Crippen molar-refractivity contribution in [2.24, 2.45) is 0 Å². The fraction of sp³-hybridized carbons (Fsp3) is 0.381. The van der Waals surface area contributed by atoms with Crippen LogP contribution in [0.5, 0.6) is 0 Å². The van der Waals surface area contributed by atoms with Crippen molar-refractivity contribution >= 4 is 33.4 Å². The van der Waals surface area contributed by atoms with Crippen LogP contribution in [0.15, 0.2) is 36.4 Å². The number of aromatic nitrogens is 1. The minimum Gasteiger partial charge on any atom is -0.368 e. The molecule has 2 heterocycles. The van der Waals surface area contributed by atoms with Crippen molar-refractivity contribution in [3.05, 3.63) is 42.0 Å². The fourth-order valence-electron chi connectivity index (χ4n) is 3.95. The molecule has 1 saturated heterocycles. The fourth-order valence-corrected chi connectivity index (χ4v) is 3.95. The van der Waals surface area contributed by atoms with Gasteiger partial charge >= 0.3 is 0 Å². The van der Waals surface area contributed by atoms with Gasteiger partial charge in [-0.1, -0.05) is 18.2 Å². The van der Waals surface area contributed by atoms with Gasteiger partial charge in [0.25, 0.3) is 5.91 Å². The number of carbonyl (C=O) groups is 1. The lowest BCUT2D eigenvalue weighted by Crippen LogP contribution is -2.27.